The minimum Gasteiger partial charge on any atom is -0.485 e. The highest BCUT2D eigenvalue weighted by Crippen LogP contribution is 2.42. The Morgan fingerprint density at radius 1 is 1.22 bits per heavy atom. The Bertz CT molecular complexity index is 1010. The van der Waals surface area contributed by atoms with Crippen molar-refractivity contribution in [2.75, 3.05) is 6.61 Å². The highest BCUT2D eigenvalue weighted by atomic mass is 28.4. The number of nitrogens with zero attached hydrogens (tertiary/aromatic N) is 2. The summed E-state index contributed by atoms with van der Waals surface area (Å²) in [5.74, 6) is 1.02. The lowest BCUT2D eigenvalue weighted by atomic mass is 9.87. The molecule has 0 fully saturated rings. The van der Waals surface area contributed by atoms with Crippen molar-refractivity contribution in [3.8, 4) is 17.7 Å². The summed E-state index contributed by atoms with van der Waals surface area (Å²) < 4.78 is 18.4. The van der Waals surface area contributed by atoms with Crippen molar-refractivity contribution in [1.82, 2.24) is 4.98 Å². The third-order valence-electron chi connectivity index (χ3n) is 6.52. The number of fused-ring (bicyclic) bond motifs is 1. The van der Waals surface area contributed by atoms with Gasteiger partial charge < -0.3 is 19.0 Å². The second kappa shape index (κ2) is 8.85. The summed E-state index contributed by atoms with van der Waals surface area (Å²) in [6.07, 6.45) is 0.827. The summed E-state index contributed by atoms with van der Waals surface area (Å²) >= 11 is 0. The summed E-state index contributed by atoms with van der Waals surface area (Å²) in [5.41, 5.74) is 1.34. The maximum absolute atomic E-state index is 11.0. The van der Waals surface area contributed by atoms with E-state index in [-0.39, 0.29) is 5.04 Å². The van der Waals surface area contributed by atoms with Gasteiger partial charge in [-0.05, 0) is 68.2 Å². The van der Waals surface area contributed by atoms with Crippen LogP contribution < -0.4 is 9.47 Å². The average molecular weight is 455 g/mol. The van der Waals surface area contributed by atoms with E-state index in [0.29, 0.717) is 29.4 Å². The van der Waals surface area contributed by atoms with E-state index in [2.05, 4.69) is 44.9 Å². The molecule has 0 amide bonds. The zero-order valence-corrected chi connectivity index (χ0v) is 21.1. The summed E-state index contributed by atoms with van der Waals surface area (Å²) in [5, 5.41) is 20.4. The van der Waals surface area contributed by atoms with E-state index in [4.69, 9.17) is 13.9 Å². The van der Waals surface area contributed by atoms with E-state index in [0.717, 1.165) is 12.0 Å². The summed E-state index contributed by atoms with van der Waals surface area (Å²) in [4.78, 5) is 4.36. The molecule has 2 aromatic rings. The van der Waals surface area contributed by atoms with Gasteiger partial charge in [-0.3, -0.25) is 0 Å². The molecule has 1 N–H and O–H groups in total. The Labute approximate surface area is 192 Å². The average Bonchev–Trinajstić information content (AvgIpc) is 2.70. The molecule has 0 saturated carbocycles. The largest absolute Gasteiger partial charge is 0.485 e. The lowest BCUT2D eigenvalue weighted by Gasteiger charge is -2.41. The molecule has 1 aliphatic heterocycles. The maximum Gasteiger partial charge on any atom is 0.214 e. The van der Waals surface area contributed by atoms with Gasteiger partial charge in [0, 0.05) is 24.4 Å². The minimum absolute atomic E-state index is 0.168. The fraction of sp³-hybridized carbons (Fsp3) is 0.520. The first-order chi connectivity index (χ1) is 14.8. The first-order valence-electron chi connectivity index (χ1n) is 11.0. The number of aliphatic hydroxyl groups is 1. The highest BCUT2D eigenvalue weighted by Gasteiger charge is 2.44. The topological polar surface area (TPSA) is 84.6 Å². The van der Waals surface area contributed by atoms with Gasteiger partial charge in [-0.25, -0.2) is 4.98 Å². The minimum atomic E-state index is -1.80. The zero-order valence-electron chi connectivity index (χ0n) is 20.1. The molecule has 0 bridgehead atoms. The molecule has 1 aromatic heterocycles. The van der Waals surface area contributed by atoms with Gasteiger partial charge in [0.15, 0.2) is 14.4 Å². The first-order valence-corrected chi connectivity index (χ1v) is 13.9. The standard InChI is InChI=1S/C25H34N2O4Si/c1-24(2,3)32(6,7)29-13-11-17-10-12-27-21(15-17)30-22-19-14-18(16-26)8-9-20(19)31-25(4,5)23(22)28/h8-10,12,14-15,22-23,28H,11,13H2,1-7H3. The molecule has 0 aliphatic carbocycles. The van der Waals surface area contributed by atoms with E-state index in [9.17, 15) is 10.4 Å². The van der Waals surface area contributed by atoms with Crippen molar-refractivity contribution in [3.63, 3.8) is 0 Å². The van der Waals surface area contributed by atoms with Crippen molar-refractivity contribution in [3.05, 3.63) is 53.2 Å². The number of hydrogen-bond acceptors (Lipinski definition) is 6. The number of rotatable bonds is 6. The quantitative estimate of drug-likeness (QED) is 0.606. The van der Waals surface area contributed by atoms with Crippen LogP contribution in [-0.2, 0) is 10.8 Å². The molecule has 6 nitrogen and oxygen atoms in total. The van der Waals surface area contributed by atoms with E-state index in [1.54, 1.807) is 24.4 Å². The van der Waals surface area contributed by atoms with Gasteiger partial charge in [-0.1, -0.05) is 20.8 Å². The van der Waals surface area contributed by atoms with Gasteiger partial charge in [-0.15, -0.1) is 0 Å². The Morgan fingerprint density at radius 2 is 1.94 bits per heavy atom. The first kappa shape index (κ1) is 24.2. The van der Waals surface area contributed by atoms with E-state index >= 15 is 0 Å². The number of pyridine rings is 1. The Hall–Kier alpha value is -2.40. The predicted molar refractivity (Wildman–Crippen MR) is 126 cm³/mol. The summed E-state index contributed by atoms with van der Waals surface area (Å²) in [7, 11) is -1.80. The van der Waals surface area contributed by atoms with Gasteiger partial charge in [0.2, 0.25) is 5.88 Å². The van der Waals surface area contributed by atoms with Gasteiger partial charge in [0.05, 0.1) is 11.6 Å². The van der Waals surface area contributed by atoms with Crippen molar-refractivity contribution >= 4 is 8.32 Å². The summed E-state index contributed by atoms with van der Waals surface area (Å²) in [6.45, 7) is 15.5. The molecule has 32 heavy (non-hydrogen) atoms. The molecule has 2 heterocycles. The van der Waals surface area contributed by atoms with Crippen LogP contribution in [0.4, 0.5) is 0 Å². The molecular weight excluding hydrogens is 420 g/mol. The van der Waals surface area contributed by atoms with Gasteiger partial charge >= 0.3 is 0 Å². The third-order valence-corrected chi connectivity index (χ3v) is 11.1. The van der Waals surface area contributed by atoms with Crippen molar-refractivity contribution in [1.29, 1.82) is 5.26 Å². The number of ether oxygens (including phenoxy) is 2. The molecule has 0 spiro atoms. The molecule has 172 valence electrons. The van der Waals surface area contributed by atoms with E-state index < -0.39 is 26.1 Å². The fourth-order valence-electron chi connectivity index (χ4n) is 3.38. The van der Waals surface area contributed by atoms with Crippen molar-refractivity contribution in [2.24, 2.45) is 0 Å². The number of hydrogen-bond donors (Lipinski definition) is 1. The van der Waals surface area contributed by atoms with Crippen LogP contribution in [0.25, 0.3) is 0 Å². The molecule has 2 unspecified atom stereocenters. The molecule has 0 saturated heterocycles. The molecule has 0 radical (unpaired) electrons. The Balaban J connectivity index is 1.78. The van der Waals surface area contributed by atoms with Crippen molar-refractivity contribution < 1.29 is 19.0 Å². The fourth-order valence-corrected chi connectivity index (χ4v) is 4.43. The molecule has 1 aliphatic rings. The van der Waals surface area contributed by atoms with Crippen LogP contribution in [0.1, 0.15) is 57.4 Å². The van der Waals surface area contributed by atoms with Crippen LogP contribution in [0.5, 0.6) is 11.6 Å². The number of nitriles is 1. The van der Waals surface area contributed by atoms with Crippen LogP contribution in [0.15, 0.2) is 36.5 Å². The highest BCUT2D eigenvalue weighted by molar-refractivity contribution is 6.74. The second-order valence-corrected chi connectivity index (χ2v) is 15.2. The molecular formula is C25H34N2O4Si. The number of aliphatic hydroxyl groups excluding tert-OH is 1. The van der Waals surface area contributed by atoms with Gasteiger partial charge in [0.25, 0.3) is 0 Å². The Kier molecular flexibility index (Phi) is 6.71. The van der Waals surface area contributed by atoms with E-state index in [1.165, 1.54) is 0 Å². The van der Waals surface area contributed by atoms with Crippen LogP contribution in [0.2, 0.25) is 18.1 Å². The Morgan fingerprint density at radius 3 is 2.59 bits per heavy atom. The van der Waals surface area contributed by atoms with Crippen LogP contribution in [0, 0.1) is 11.3 Å². The number of aromatic nitrogens is 1. The molecule has 3 rings (SSSR count). The normalized spacial score (nSPS) is 20.1. The van der Waals surface area contributed by atoms with Gasteiger partial charge in [0.1, 0.15) is 17.5 Å². The molecule has 1 aromatic carbocycles. The smallest absolute Gasteiger partial charge is 0.214 e. The summed E-state index contributed by atoms with van der Waals surface area (Å²) in [6, 6.07) is 11.1. The van der Waals surface area contributed by atoms with Crippen LogP contribution in [-0.4, -0.2) is 36.7 Å². The lowest BCUT2D eigenvalue weighted by Crippen LogP contribution is -2.50. The second-order valence-electron chi connectivity index (χ2n) is 10.4. The predicted octanol–water partition coefficient (Wildman–Crippen LogP) is 5.17. The third kappa shape index (κ3) is 5.15. The van der Waals surface area contributed by atoms with Crippen LogP contribution in [0.3, 0.4) is 0 Å². The van der Waals surface area contributed by atoms with Gasteiger partial charge in [-0.2, -0.15) is 5.26 Å². The van der Waals surface area contributed by atoms with Crippen LogP contribution >= 0.6 is 0 Å². The molecule has 2 atom stereocenters. The number of benzene rings is 1. The SMILES string of the molecule is CC1(C)Oc2ccc(C#N)cc2C(Oc2cc(CCO[Si](C)(C)C(C)(C)C)ccn2)C1O. The monoisotopic (exact) mass is 454 g/mol. The lowest BCUT2D eigenvalue weighted by molar-refractivity contribution is -0.104. The maximum atomic E-state index is 11.0. The zero-order chi connectivity index (χ0) is 23.7. The van der Waals surface area contributed by atoms with E-state index in [1.807, 2.05) is 26.0 Å². The molecule has 7 heteroatoms. The van der Waals surface area contributed by atoms with Crippen molar-refractivity contribution in [2.45, 2.75) is 77.0 Å².